The molecule has 2 heterocycles. The van der Waals surface area contributed by atoms with Gasteiger partial charge >= 0.3 is 18.4 Å². The summed E-state index contributed by atoms with van der Waals surface area (Å²) < 4.78 is 128. The summed E-state index contributed by atoms with van der Waals surface area (Å²) in [7, 11) is -5.02. The van der Waals surface area contributed by atoms with Crippen LogP contribution in [-0.2, 0) is 36.6 Å². The minimum absolute atomic E-state index is 0.0806. The number of carbonyl (C=O) groups excluding carboxylic acids is 2. The molecule has 0 aromatic heterocycles. The minimum atomic E-state index is -5.02. The highest BCUT2D eigenvalue weighted by molar-refractivity contribution is 7.89. The van der Waals surface area contributed by atoms with Crippen molar-refractivity contribution < 1.29 is 79.0 Å². The monoisotopic (exact) mass is 898 g/mol. The largest absolute Gasteiger partial charge is 0.416 e. The fraction of sp³-hybridized carbons (Fsp3) is 0.350. The number of ether oxygens (including phenoxy) is 3. The molecule has 6 rings (SSSR count). The fourth-order valence-corrected chi connectivity index (χ4v) is 8.17. The van der Waals surface area contributed by atoms with Crippen LogP contribution >= 0.6 is 0 Å². The molecule has 0 bridgehead atoms. The van der Waals surface area contributed by atoms with Gasteiger partial charge in [0, 0.05) is 11.3 Å². The zero-order valence-corrected chi connectivity index (χ0v) is 32.8. The maximum absolute atomic E-state index is 13.8. The molecule has 334 valence electrons. The zero-order valence-electron chi connectivity index (χ0n) is 32.0. The van der Waals surface area contributed by atoms with Gasteiger partial charge in [-0.25, -0.2) is 17.9 Å². The normalized spacial score (nSPS) is 25.7. The number of sulfonamides is 1. The van der Waals surface area contributed by atoms with Crippen LogP contribution in [0, 0.1) is 0 Å². The van der Waals surface area contributed by atoms with E-state index < -0.39 is 125 Å². The van der Waals surface area contributed by atoms with Crippen molar-refractivity contribution in [2.24, 2.45) is 0 Å². The summed E-state index contributed by atoms with van der Waals surface area (Å²) in [5, 5.41) is 49.8. The molecule has 9 atom stereocenters. The molecule has 0 saturated carbocycles. The lowest BCUT2D eigenvalue weighted by Gasteiger charge is -2.47. The van der Waals surface area contributed by atoms with E-state index in [2.05, 4.69) is 16.0 Å². The van der Waals surface area contributed by atoms with Crippen molar-refractivity contribution in [3.8, 4) is 11.1 Å². The van der Waals surface area contributed by atoms with Crippen molar-refractivity contribution in [3.63, 3.8) is 0 Å². The number of anilines is 1. The second-order valence-corrected chi connectivity index (χ2v) is 16.0. The summed E-state index contributed by atoms with van der Waals surface area (Å²) >= 11 is 0. The predicted molar refractivity (Wildman–Crippen MR) is 206 cm³/mol. The van der Waals surface area contributed by atoms with Gasteiger partial charge in [0.2, 0.25) is 10.0 Å². The lowest BCUT2D eigenvalue weighted by Crippen LogP contribution is -2.70. The molecular weight excluding hydrogens is 859 g/mol. The Hall–Kier alpha value is -5.17. The van der Waals surface area contributed by atoms with Crippen LogP contribution in [0.5, 0.6) is 0 Å². The standard InChI is InChI=1S/C40H40F6N4O11S/c41-39(42,43)24-8-4-10-26(16-24)47-38(56)48-28-20-59-29(18-51)31(49-36(55)23-14-12-22(13-15-23)21-6-2-1-3-7-21)35(28)61-37-32(34(54)33(53)30(19-52)60-37)50-62(57,58)27-11-5-9-25(17-27)40(44,45)46/h1-17,28-35,37,50-54H,18-20H2,(H,49,55)(H2,47,48,56)/t28-,29+,30+,31-,32+,33+,34+,35+,37-/m0/s1. The van der Waals surface area contributed by atoms with Gasteiger partial charge in [0.15, 0.2) is 6.29 Å². The van der Waals surface area contributed by atoms with E-state index in [9.17, 15) is 64.8 Å². The Morgan fingerprint density at radius 1 is 0.726 bits per heavy atom. The van der Waals surface area contributed by atoms with Gasteiger partial charge in [-0.1, -0.05) is 54.6 Å². The van der Waals surface area contributed by atoms with Crippen LogP contribution < -0.4 is 20.7 Å². The average Bonchev–Trinajstić information content (AvgIpc) is 3.24. The Kier molecular flexibility index (Phi) is 14.2. The lowest BCUT2D eigenvalue weighted by molar-refractivity contribution is -0.292. The van der Waals surface area contributed by atoms with Gasteiger partial charge in [0.1, 0.15) is 36.6 Å². The number of carbonyl (C=O) groups is 2. The topological polar surface area (TPSA) is 225 Å². The number of aliphatic hydroxyl groups is 4. The number of benzene rings is 4. The molecule has 0 aliphatic carbocycles. The first-order valence-corrected chi connectivity index (χ1v) is 20.2. The summed E-state index contributed by atoms with van der Waals surface area (Å²) in [4.78, 5) is 26.3. The van der Waals surface area contributed by atoms with Gasteiger partial charge in [-0.05, 0) is 59.7 Å². The third-order valence-electron chi connectivity index (χ3n) is 10.1. The third-order valence-corrected chi connectivity index (χ3v) is 11.5. The Labute approximate surface area is 349 Å². The maximum atomic E-state index is 13.8. The number of hydrogen-bond donors (Lipinski definition) is 8. The number of alkyl halides is 6. The van der Waals surface area contributed by atoms with E-state index in [-0.39, 0.29) is 11.3 Å². The molecule has 4 aromatic rings. The predicted octanol–water partition coefficient (Wildman–Crippen LogP) is 3.24. The molecule has 2 aliphatic heterocycles. The Morgan fingerprint density at radius 3 is 1.97 bits per heavy atom. The fourth-order valence-electron chi connectivity index (χ4n) is 6.89. The molecule has 8 N–H and O–H groups in total. The third kappa shape index (κ3) is 10.9. The Balaban J connectivity index is 1.34. The molecule has 0 spiro atoms. The van der Waals surface area contributed by atoms with Crippen molar-refractivity contribution in [2.75, 3.05) is 25.1 Å². The number of urea groups is 1. The zero-order chi connectivity index (χ0) is 45.0. The molecule has 0 unspecified atom stereocenters. The summed E-state index contributed by atoms with van der Waals surface area (Å²) in [5.41, 5.74) is -1.05. The molecule has 2 aliphatic rings. The highest BCUT2D eigenvalue weighted by Crippen LogP contribution is 2.33. The number of halogens is 6. The van der Waals surface area contributed by atoms with Crippen LogP contribution in [0.4, 0.5) is 36.8 Å². The molecule has 0 radical (unpaired) electrons. The molecule has 2 fully saturated rings. The van der Waals surface area contributed by atoms with Gasteiger partial charge in [0.25, 0.3) is 5.91 Å². The highest BCUT2D eigenvalue weighted by Gasteiger charge is 2.51. The molecule has 3 amide bonds. The van der Waals surface area contributed by atoms with Crippen LogP contribution in [0.2, 0.25) is 0 Å². The first-order chi connectivity index (χ1) is 29.3. The summed E-state index contributed by atoms with van der Waals surface area (Å²) in [5.74, 6) is -0.783. The van der Waals surface area contributed by atoms with Gasteiger partial charge < -0.3 is 50.6 Å². The van der Waals surface area contributed by atoms with Gasteiger partial charge in [-0.3, -0.25) is 4.79 Å². The van der Waals surface area contributed by atoms with E-state index in [0.717, 1.165) is 41.5 Å². The van der Waals surface area contributed by atoms with E-state index >= 15 is 0 Å². The quantitative estimate of drug-likeness (QED) is 0.0965. The number of rotatable bonds is 12. The van der Waals surface area contributed by atoms with E-state index in [1.165, 1.54) is 12.1 Å². The Morgan fingerprint density at radius 2 is 1.34 bits per heavy atom. The van der Waals surface area contributed by atoms with Crippen LogP contribution in [0.25, 0.3) is 11.1 Å². The Bertz CT molecular complexity index is 2290. The van der Waals surface area contributed by atoms with Crippen molar-refractivity contribution in [3.05, 3.63) is 120 Å². The van der Waals surface area contributed by atoms with Crippen molar-refractivity contribution in [1.82, 2.24) is 15.4 Å². The first-order valence-electron chi connectivity index (χ1n) is 18.7. The van der Waals surface area contributed by atoms with E-state index in [1.54, 1.807) is 12.1 Å². The number of amides is 3. The molecule has 22 heteroatoms. The molecular formula is C40H40F6N4O11S. The first kappa shape index (κ1) is 46.3. The van der Waals surface area contributed by atoms with Gasteiger partial charge in [0.05, 0.1) is 47.9 Å². The number of hydrogen-bond acceptors (Lipinski definition) is 11. The summed E-state index contributed by atoms with van der Waals surface area (Å²) in [6, 6.07) is 15.4. The van der Waals surface area contributed by atoms with Crippen LogP contribution in [0.3, 0.4) is 0 Å². The second kappa shape index (κ2) is 19.1. The summed E-state index contributed by atoms with van der Waals surface area (Å²) in [6.45, 7) is -2.33. The summed E-state index contributed by atoms with van der Waals surface area (Å²) in [6.07, 6.45) is -20.7. The SMILES string of the molecule is O=C(Nc1cccc(C(F)(F)F)c1)N[C@H]1CO[C@H](CO)[C@H](NC(=O)c2ccc(-c3ccccc3)cc2)[C@@H]1O[C@@H]1O[C@H](CO)[C@@H](O)[C@H](O)[C@H]1NS(=O)(=O)c1cccc(C(F)(F)F)c1. The van der Waals surface area contributed by atoms with Gasteiger partial charge in [-0.15, -0.1) is 0 Å². The maximum Gasteiger partial charge on any atom is 0.416 e. The van der Waals surface area contributed by atoms with E-state index in [1.807, 2.05) is 35.1 Å². The van der Waals surface area contributed by atoms with E-state index in [0.29, 0.717) is 18.2 Å². The lowest BCUT2D eigenvalue weighted by atomic mass is 9.93. The minimum Gasteiger partial charge on any atom is -0.394 e. The van der Waals surface area contributed by atoms with Crippen LogP contribution in [-0.4, -0.2) is 116 Å². The van der Waals surface area contributed by atoms with Crippen molar-refractivity contribution in [2.45, 2.75) is 72.2 Å². The van der Waals surface area contributed by atoms with Crippen LogP contribution in [0.1, 0.15) is 21.5 Å². The highest BCUT2D eigenvalue weighted by atomic mass is 32.2. The van der Waals surface area contributed by atoms with E-state index in [4.69, 9.17) is 14.2 Å². The number of aliphatic hydroxyl groups excluding tert-OH is 4. The molecule has 4 aromatic carbocycles. The van der Waals surface area contributed by atoms with Crippen molar-refractivity contribution >= 4 is 27.6 Å². The van der Waals surface area contributed by atoms with Crippen molar-refractivity contribution in [1.29, 1.82) is 0 Å². The molecule has 15 nitrogen and oxygen atoms in total. The smallest absolute Gasteiger partial charge is 0.394 e. The second-order valence-electron chi connectivity index (χ2n) is 14.3. The molecule has 62 heavy (non-hydrogen) atoms. The van der Waals surface area contributed by atoms with Gasteiger partial charge in [-0.2, -0.15) is 26.3 Å². The average molecular weight is 899 g/mol. The molecule has 2 saturated heterocycles. The number of nitrogens with one attached hydrogen (secondary N) is 4. The van der Waals surface area contributed by atoms with Crippen LogP contribution in [0.15, 0.2) is 108 Å².